The fraction of sp³-hybridized carbons (Fsp3) is 0.300. The van der Waals surface area contributed by atoms with Crippen LogP contribution in [0, 0.1) is 5.92 Å². The number of carbonyl (C=O) groups is 2. The summed E-state index contributed by atoms with van der Waals surface area (Å²) in [5, 5.41) is 9.52. The maximum atomic E-state index is 12.5. The molecule has 0 radical (unpaired) electrons. The number of ether oxygens (including phenoxy) is 1. The largest absolute Gasteiger partial charge is 0.465 e. The van der Waals surface area contributed by atoms with Crippen LogP contribution in [0.25, 0.3) is 11.0 Å². The molecule has 7 nitrogen and oxygen atoms in total. The molecule has 0 aliphatic carbocycles. The van der Waals surface area contributed by atoms with Crippen molar-refractivity contribution in [2.24, 2.45) is 5.92 Å². The molecule has 28 heavy (non-hydrogen) atoms. The van der Waals surface area contributed by atoms with E-state index in [-0.39, 0.29) is 12.5 Å². The molecule has 144 valence electrons. The van der Waals surface area contributed by atoms with E-state index < -0.39 is 18.1 Å². The smallest absolute Gasteiger partial charge is 0.408 e. The van der Waals surface area contributed by atoms with Crippen LogP contribution < -0.4 is 0 Å². The van der Waals surface area contributed by atoms with Crippen LogP contribution in [-0.2, 0) is 22.6 Å². The fourth-order valence-electron chi connectivity index (χ4n) is 3.62. The molecule has 2 aromatic carbocycles. The first kappa shape index (κ1) is 18.4. The van der Waals surface area contributed by atoms with Crippen molar-refractivity contribution in [2.75, 3.05) is 6.54 Å². The summed E-state index contributed by atoms with van der Waals surface area (Å²) in [4.78, 5) is 25.4. The minimum absolute atomic E-state index is 0.0504. The van der Waals surface area contributed by atoms with Gasteiger partial charge >= 0.3 is 12.1 Å². The summed E-state index contributed by atoms with van der Waals surface area (Å²) in [7, 11) is 0. The lowest BCUT2D eigenvalue weighted by molar-refractivity contribution is -0.149. The van der Waals surface area contributed by atoms with Gasteiger partial charge in [-0.15, -0.1) is 0 Å². The monoisotopic (exact) mass is 397 g/mol. The Morgan fingerprint density at radius 3 is 2.68 bits per heavy atom. The number of carbonyl (C=O) groups excluding carboxylic acids is 1. The summed E-state index contributed by atoms with van der Waals surface area (Å²) in [6, 6.07) is 14.5. The van der Waals surface area contributed by atoms with E-state index in [1.807, 2.05) is 48.5 Å². The second kappa shape index (κ2) is 7.93. The highest BCUT2D eigenvalue weighted by molar-refractivity contribution is 7.00. The number of benzene rings is 2. The van der Waals surface area contributed by atoms with E-state index in [0.29, 0.717) is 19.4 Å². The molecule has 1 aromatic heterocycles. The van der Waals surface area contributed by atoms with Crippen LogP contribution in [0.4, 0.5) is 4.79 Å². The molecule has 1 aliphatic heterocycles. The van der Waals surface area contributed by atoms with E-state index in [1.54, 1.807) is 0 Å². The number of hydrogen-bond donors (Lipinski definition) is 1. The van der Waals surface area contributed by atoms with Crippen LogP contribution in [0.1, 0.15) is 17.5 Å². The fourth-order valence-corrected chi connectivity index (χ4v) is 4.14. The lowest BCUT2D eigenvalue weighted by atomic mass is 9.96. The number of fused-ring (bicyclic) bond motifs is 1. The second-order valence-corrected chi connectivity index (χ2v) is 7.47. The molecule has 8 heteroatoms. The maximum Gasteiger partial charge on any atom is 0.408 e. The van der Waals surface area contributed by atoms with Gasteiger partial charge in [-0.2, -0.15) is 8.75 Å². The molecule has 1 saturated heterocycles. The van der Waals surface area contributed by atoms with Gasteiger partial charge in [-0.1, -0.05) is 36.4 Å². The van der Waals surface area contributed by atoms with Crippen molar-refractivity contribution in [3.8, 4) is 0 Å². The highest BCUT2D eigenvalue weighted by atomic mass is 32.1. The van der Waals surface area contributed by atoms with Crippen molar-refractivity contribution in [1.82, 2.24) is 13.6 Å². The minimum Gasteiger partial charge on any atom is -0.465 e. The van der Waals surface area contributed by atoms with Gasteiger partial charge in [0.2, 0.25) is 0 Å². The predicted octanol–water partition coefficient (Wildman–Crippen LogP) is 3.35. The van der Waals surface area contributed by atoms with Gasteiger partial charge in [-0.25, -0.2) is 9.59 Å². The summed E-state index contributed by atoms with van der Waals surface area (Å²) in [5.74, 6) is -0.442. The minimum atomic E-state index is -1.09. The average Bonchev–Trinajstić information content (AvgIpc) is 3.33. The molecule has 4 rings (SSSR count). The van der Waals surface area contributed by atoms with Crippen LogP contribution in [-0.4, -0.2) is 43.4 Å². The molecule has 0 saturated carbocycles. The third kappa shape index (κ3) is 3.96. The third-order valence-corrected chi connectivity index (χ3v) is 5.53. The van der Waals surface area contributed by atoms with E-state index in [4.69, 9.17) is 4.74 Å². The topological polar surface area (TPSA) is 92.6 Å². The molecule has 1 fully saturated rings. The lowest BCUT2D eigenvalue weighted by Crippen LogP contribution is -2.40. The van der Waals surface area contributed by atoms with Crippen molar-refractivity contribution in [2.45, 2.75) is 25.5 Å². The second-order valence-electron chi connectivity index (χ2n) is 6.94. The van der Waals surface area contributed by atoms with E-state index in [0.717, 1.165) is 22.2 Å². The normalized spacial score (nSPS) is 19.1. The Kier molecular flexibility index (Phi) is 5.21. The molecule has 1 amide bonds. The first-order valence-electron chi connectivity index (χ1n) is 9.01. The predicted molar refractivity (Wildman–Crippen MR) is 104 cm³/mol. The van der Waals surface area contributed by atoms with Gasteiger partial charge in [0.25, 0.3) is 0 Å². The summed E-state index contributed by atoms with van der Waals surface area (Å²) < 4.78 is 13.8. The summed E-state index contributed by atoms with van der Waals surface area (Å²) >= 11 is 1.17. The summed E-state index contributed by atoms with van der Waals surface area (Å²) in [6.07, 6.45) is 0.0378. The number of rotatable bonds is 5. The number of nitrogens with zero attached hydrogens (tertiary/aromatic N) is 3. The number of carboxylic acid groups (broad SMARTS) is 1. The Hall–Kier alpha value is -3.00. The van der Waals surface area contributed by atoms with Gasteiger partial charge in [0, 0.05) is 6.54 Å². The van der Waals surface area contributed by atoms with Crippen LogP contribution in [0.5, 0.6) is 0 Å². The first-order chi connectivity index (χ1) is 13.6. The third-order valence-electron chi connectivity index (χ3n) is 4.97. The van der Waals surface area contributed by atoms with Gasteiger partial charge in [-0.3, -0.25) is 4.90 Å². The van der Waals surface area contributed by atoms with Crippen molar-refractivity contribution < 1.29 is 19.4 Å². The molecule has 2 atom stereocenters. The highest BCUT2D eigenvalue weighted by Crippen LogP contribution is 2.28. The quantitative estimate of drug-likeness (QED) is 0.664. The van der Waals surface area contributed by atoms with E-state index in [9.17, 15) is 14.7 Å². The van der Waals surface area contributed by atoms with E-state index in [2.05, 4.69) is 8.75 Å². The molecule has 2 heterocycles. The van der Waals surface area contributed by atoms with Crippen molar-refractivity contribution in [1.29, 1.82) is 0 Å². The SMILES string of the molecule is O=C(OCc1ccccc1)[C@H]1C[C@H](Cc2ccc3nsnc3c2)CN1C(=O)O. The van der Waals surface area contributed by atoms with Crippen molar-refractivity contribution >= 4 is 34.8 Å². The van der Waals surface area contributed by atoms with Crippen LogP contribution >= 0.6 is 11.7 Å². The molecular weight excluding hydrogens is 378 g/mol. The van der Waals surface area contributed by atoms with Crippen molar-refractivity contribution in [3.63, 3.8) is 0 Å². The standard InChI is InChI=1S/C20H19N3O4S/c24-19(27-12-13-4-2-1-3-5-13)18-10-15(11-23(18)20(25)26)8-14-6-7-16-17(9-14)22-28-21-16/h1-7,9,15,18H,8,10-12H2,(H,25,26)/t15-,18+/m0/s1. The zero-order chi connectivity index (χ0) is 19.5. The van der Waals surface area contributed by atoms with Crippen LogP contribution in [0.15, 0.2) is 48.5 Å². The summed E-state index contributed by atoms with van der Waals surface area (Å²) in [6.45, 7) is 0.454. The van der Waals surface area contributed by atoms with Gasteiger partial charge < -0.3 is 9.84 Å². The number of aromatic nitrogens is 2. The molecule has 1 N–H and O–H groups in total. The number of amides is 1. The Morgan fingerprint density at radius 2 is 1.89 bits per heavy atom. The molecular formula is C20H19N3O4S. The zero-order valence-corrected chi connectivity index (χ0v) is 15.8. The lowest BCUT2D eigenvalue weighted by Gasteiger charge is -2.19. The van der Waals surface area contributed by atoms with E-state index in [1.165, 1.54) is 16.6 Å². The van der Waals surface area contributed by atoms with Gasteiger partial charge in [0.1, 0.15) is 23.7 Å². The Morgan fingerprint density at radius 1 is 1.11 bits per heavy atom. The molecule has 0 bridgehead atoms. The van der Waals surface area contributed by atoms with Gasteiger partial charge in [0.05, 0.1) is 11.7 Å². The average molecular weight is 397 g/mol. The Bertz CT molecular complexity index is 991. The summed E-state index contributed by atoms with van der Waals surface area (Å²) in [5.41, 5.74) is 3.63. The zero-order valence-electron chi connectivity index (χ0n) is 15.0. The molecule has 3 aromatic rings. The van der Waals surface area contributed by atoms with Crippen molar-refractivity contribution in [3.05, 3.63) is 59.7 Å². The number of hydrogen-bond acceptors (Lipinski definition) is 6. The van der Waals surface area contributed by atoms with Crippen LogP contribution in [0.2, 0.25) is 0 Å². The van der Waals surface area contributed by atoms with Gasteiger partial charge in [-0.05, 0) is 42.0 Å². The molecule has 0 unspecified atom stereocenters. The molecule has 0 spiro atoms. The van der Waals surface area contributed by atoms with Gasteiger partial charge in [0.15, 0.2) is 0 Å². The molecule has 1 aliphatic rings. The maximum absolute atomic E-state index is 12.5. The number of esters is 1. The Balaban J connectivity index is 1.42. The Labute approximate surface area is 165 Å². The first-order valence-corrected chi connectivity index (χ1v) is 9.74. The van der Waals surface area contributed by atoms with Crippen LogP contribution in [0.3, 0.4) is 0 Å². The number of likely N-dealkylation sites (tertiary alicyclic amines) is 1. The highest BCUT2D eigenvalue weighted by Gasteiger charge is 2.40. The van der Waals surface area contributed by atoms with E-state index >= 15 is 0 Å².